The van der Waals surface area contributed by atoms with Crippen LogP contribution in [0.15, 0.2) is 29.3 Å². The lowest BCUT2D eigenvalue weighted by Gasteiger charge is -2.39. The van der Waals surface area contributed by atoms with Crippen LogP contribution >= 0.6 is 0 Å². The third-order valence-corrected chi connectivity index (χ3v) is 6.12. The monoisotopic (exact) mass is 419 g/mol. The van der Waals surface area contributed by atoms with Gasteiger partial charge in [0.15, 0.2) is 0 Å². The van der Waals surface area contributed by atoms with Crippen LogP contribution in [0.1, 0.15) is 12.8 Å². The smallest absolute Gasteiger partial charge is 0.261 e. The summed E-state index contributed by atoms with van der Waals surface area (Å²) in [6, 6.07) is 5.42. The number of nitrogens with zero attached hydrogens (tertiary/aromatic N) is 5. The largest absolute Gasteiger partial charge is 0.369 e. The van der Waals surface area contributed by atoms with Gasteiger partial charge >= 0.3 is 0 Å². The highest BCUT2D eigenvalue weighted by molar-refractivity contribution is 5.81. The molecule has 0 bridgehead atoms. The summed E-state index contributed by atoms with van der Waals surface area (Å²) in [5, 5.41) is 0.358. The average molecular weight is 419 g/mol. The van der Waals surface area contributed by atoms with Crippen molar-refractivity contribution < 1.29 is 13.6 Å². The van der Waals surface area contributed by atoms with Crippen LogP contribution in [0.2, 0.25) is 0 Å². The van der Waals surface area contributed by atoms with Gasteiger partial charge in [0.05, 0.1) is 23.8 Å². The molecule has 0 spiro atoms. The van der Waals surface area contributed by atoms with Crippen LogP contribution in [-0.2, 0) is 11.3 Å². The topological polar surface area (TPSA) is 61.7 Å². The quantitative estimate of drug-likeness (QED) is 0.738. The van der Waals surface area contributed by atoms with Crippen molar-refractivity contribution in [3.05, 3.63) is 34.9 Å². The summed E-state index contributed by atoms with van der Waals surface area (Å²) in [6.07, 6.45) is 0.212. The average Bonchev–Trinajstić information content (AvgIpc) is 2.73. The molecule has 2 saturated heterocycles. The first-order chi connectivity index (χ1) is 14.4. The van der Waals surface area contributed by atoms with E-state index in [0.717, 1.165) is 55.9 Å². The number of piperidine rings is 1. The van der Waals surface area contributed by atoms with E-state index in [4.69, 9.17) is 0 Å². The Morgan fingerprint density at radius 3 is 2.63 bits per heavy atom. The first kappa shape index (κ1) is 20.7. The standard InChI is InChI=1S/C21H27F2N5O2/c1-25-11-15(2-5-20(25)29)12-26-6-8-27(9-7-26)16-3-4-17-18(10-16)24-14-28(21(17)30)13-19(22)23/h3-4,10,14-15,19H,2,5-9,11-13H2,1H3. The SMILES string of the molecule is CN1CC(CN2CCN(c3ccc4c(=O)n(CC(F)F)cnc4c3)CC2)CCC1=O. The second-order valence-electron chi connectivity index (χ2n) is 8.26. The molecule has 1 aromatic heterocycles. The van der Waals surface area contributed by atoms with E-state index >= 15 is 0 Å². The lowest BCUT2D eigenvalue weighted by Crippen LogP contribution is -2.49. The van der Waals surface area contributed by atoms with E-state index < -0.39 is 18.5 Å². The number of amides is 1. The van der Waals surface area contributed by atoms with Crippen molar-refractivity contribution in [2.24, 2.45) is 5.92 Å². The summed E-state index contributed by atoms with van der Waals surface area (Å²) in [5.74, 6) is 0.765. The highest BCUT2D eigenvalue weighted by Crippen LogP contribution is 2.22. The Kier molecular flexibility index (Phi) is 5.99. The molecule has 0 radical (unpaired) electrons. The first-order valence-corrected chi connectivity index (χ1v) is 10.4. The van der Waals surface area contributed by atoms with E-state index in [0.29, 0.717) is 23.2 Å². The van der Waals surface area contributed by atoms with Gasteiger partial charge in [-0.3, -0.25) is 19.1 Å². The fraction of sp³-hybridized carbons (Fsp3) is 0.571. The second-order valence-corrected chi connectivity index (χ2v) is 8.26. The van der Waals surface area contributed by atoms with Gasteiger partial charge in [0, 0.05) is 58.4 Å². The van der Waals surface area contributed by atoms with E-state index in [9.17, 15) is 18.4 Å². The third kappa shape index (κ3) is 4.45. The maximum atomic E-state index is 12.6. The zero-order chi connectivity index (χ0) is 21.3. The maximum Gasteiger partial charge on any atom is 0.261 e. The van der Waals surface area contributed by atoms with Crippen LogP contribution in [0.25, 0.3) is 10.9 Å². The number of piperazine rings is 1. The Bertz CT molecular complexity index is 972. The van der Waals surface area contributed by atoms with Gasteiger partial charge in [-0.05, 0) is 30.5 Å². The molecule has 2 aliphatic rings. The minimum atomic E-state index is -2.59. The molecule has 0 saturated carbocycles. The summed E-state index contributed by atoms with van der Waals surface area (Å²) in [7, 11) is 1.88. The molecule has 2 aromatic rings. The van der Waals surface area contributed by atoms with Crippen molar-refractivity contribution >= 4 is 22.5 Å². The molecule has 0 aliphatic carbocycles. The number of benzene rings is 1. The number of hydrogen-bond donors (Lipinski definition) is 0. The molecule has 0 N–H and O–H groups in total. The summed E-state index contributed by atoms with van der Waals surface area (Å²) < 4.78 is 26.2. The normalized spacial score (nSPS) is 21.1. The Balaban J connectivity index is 1.38. The van der Waals surface area contributed by atoms with Crippen molar-refractivity contribution in [1.82, 2.24) is 19.4 Å². The summed E-state index contributed by atoms with van der Waals surface area (Å²) in [4.78, 5) is 34.8. The highest BCUT2D eigenvalue weighted by atomic mass is 19.3. The molecule has 2 aliphatic heterocycles. The lowest BCUT2D eigenvalue weighted by molar-refractivity contribution is -0.133. The summed E-state index contributed by atoms with van der Waals surface area (Å²) in [6.45, 7) is 4.82. The fourth-order valence-corrected chi connectivity index (χ4v) is 4.42. The van der Waals surface area contributed by atoms with E-state index in [2.05, 4.69) is 14.8 Å². The Hall–Kier alpha value is -2.55. The molecular formula is C21H27F2N5O2. The van der Waals surface area contributed by atoms with Gasteiger partial charge in [-0.25, -0.2) is 13.8 Å². The van der Waals surface area contributed by atoms with Crippen LogP contribution in [0.5, 0.6) is 0 Å². The van der Waals surface area contributed by atoms with Crippen LogP contribution in [0.3, 0.4) is 0 Å². The number of carbonyl (C=O) groups is 1. The van der Waals surface area contributed by atoms with Gasteiger partial charge in [-0.2, -0.15) is 0 Å². The number of anilines is 1. The van der Waals surface area contributed by atoms with Crippen molar-refractivity contribution in [3.8, 4) is 0 Å². The molecular weight excluding hydrogens is 392 g/mol. The van der Waals surface area contributed by atoms with Gasteiger partial charge in [-0.15, -0.1) is 0 Å². The predicted octanol–water partition coefficient (Wildman–Crippen LogP) is 1.65. The number of rotatable bonds is 5. The van der Waals surface area contributed by atoms with Crippen LogP contribution in [-0.4, -0.2) is 78.0 Å². The minimum Gasteiger partial charge on any atom is -0.369 e. The van der Waals surface area contributed by atoms with Crippen molar-refractivity contribution in [3.63, 3.8) is 0 Å². The molecule has 3 heterocycles. The maximum absolute atomic E-state index is 12.6. The Morgan fingerprint density at radius 2 is 1.93 bits per heavy atom. The van der Waals surface area contributed by atoms with Crippen LogP contribution in [0, 0.1) is 5.92 Å². The third-order valence-electron chi connectivity index (χ3n) is 6.12. The van der Waals surface area contributed by atoms with Gasteiger partial charge < -0.3 is 9.80 Å². The van der Waals surface area contributed by atoms with Crippen LogP contribution in [0.4, 0.5) is 14.5 Å². The molecule has 162 valence electrons. The number of halogens is 2. The highest BCUT2D eigenvalue weighted by Gasteiger charge is 2.26. The number of alkyl halides is 2. The molecule has 2 fully saturated rings. The number of aromatic nitrogens is 2. The Morgan fingerprint density at radius 1 is 1.17 bits per heavy atom. The zero-order valence-electron chi connectivity index (χ0n) is 17.1. The van der Waals surface area contributed by atoms with E-state index in [1.165, 1.54) is 6.33 Å². The van der Waals surface area contributed by atoms with Crippen molar-refractivity contribution in [2.75, 3.05) is 51.2 Å². The fourth-order valence-electron chi connectivity index (χ4n) is 4.42. The molecule has 7 nitrogen and oxygen atoms in total. The molecule has 9 heteroatoms. The van der Waals surface area contributed by atoms with E-state index in [1.807, 2.05) is 24.1 Å². The summed E-state index contributed by atoms with van der Waals surface area (Å²) >= 11 is 0. The van der Waals surface area contributed by atoms with Gasteiger partial charge in [-0.1, -0.05) is 0 Å². The Labute approximate surface area is 173 Å². The number of carbonyl (C=O) groups excluding carboxylic acids is 1. The molecule has 1 atom stereocenters. The predicted molar refractivity (Wildman–Crippen MR) is 111 cm³/mol. The van der Waals surface area contributed by atoms with Crippen molar-refractivity contribution in [2.45, 2.75) is 25.8 Å². The molecule has 1 aromatic carbocycles. The lowest BCUT2D eigenvalue weighted by atomic mass is 9.97. The molecule has 1 unspecified atom stereocenters. The minimum absolute atomic E-state index is 0.238. The van der Waals surface area contributed by atoms with E-state index in [-0.39, 0.29) is 5.91 Å². The summed E-state index contributed by atoms with van der Waals surface area (Å²) in [5.41, 5.74) is 1.08. The van der Waals surface area contributed by atoms with Gasteiger partial charge in [0.2, 0.25) is 5.91 Å². The van der Waals surface area contributed by atoms with Crippen molar-refractivity contribution in [1.29, 1.82) is 0 Å². The van der Waals surface area contributed by atoms with Crippen LogP contribution < -0.4 is 10.5 Å². The molecule has 4 rings (SSSR count). The molecule has 1 amide bonds. The number of fused-ring (bicyclic) bond motifs is 1. The van der Waals surface area contributed by atoms with Gasteiger partial charge in [0.25, 0.3) is 12.0 Å². The van der Waals surface area contributed by atoms with E-state index in [1.54, 1.807) is 6.07 Å². The van der Waals surface area contributed by atoms with Gasteiger partial charge in [0.1, 0.15) is 0 Å². The molecule has 30 heavy (non-hydrogen) atoms. The second kappa shape index (κ2) is 8.67. The number of hydrogen-bond acceptors (Lipinski definition) is 5. The zero-order valence-corrected chi connectivity index (χ0v) is 17.1. The number of likely N-dealkylation sites (tertiary alicyclic amines) is 1. The first-order valence-electron chi connectivity index (χ1n) is 10.4.